The van der Waals surface area contributed by atoms with Crippen molar-refractivity contribution >= 4 is 5.78 Å². The molecule has 0 aliphatic heterocycles. The number of hydrogen-bond donors (Lipinski definition) is 0. The predicted molar refractivity (Wildman–Crippen MR) is 61.4 cm³/mol. The van der Waals surface area contributed by atoms with E-state index in [0.29, 0.717) is 11.5 Å². The molecule has 3 heteroatoms. The van der Waals surface area contributed by atoms with Crippen molar-refractivity contribution in [2.45, 2.75) is 20.8 Å². The van der Waals surface area contributed by atoms with Crippen molar-refractivity contribution in [2.24, 2.45) is 0 Å². The predicted octanol–water partition coefficient (Wildman–Crippen LogP) is 3.16. The van der Waals surface area contributed by atoms with Crippen molar-refractivity contribution < 1.29 is 9.32 Å². The minimum atomic E-state index is -0.0830. The Morgan fingerprint density at radius 2 is 2.00 bits per heavy atom. The first-order valence-corrected chi connectivity index (χ1v) is 5.13. The fraction of sp³-hybridized carbons (Fsp3) is 0.231. The standard InChI is InChI=1S/C13H13NO2/c1-8-4-5-9(2)11(6-8)13-7-12(10(3)15)14-16-13/h4-7H,1-3H3. The number of ketones is 1. The van der Waals surface area contributed by atoms with Crippen molar-refractivity contribution in [3.05, 3.63) is 41.1 Å². The molecule has 2 aromatic rings. The van der Waals surface area contributed by atoms with E-state index in [0.717, 1.165) is 16.7 Å². The Kier molecular flexibility index (Phi) is 2.60. The molecule has 3 nitrogen and oxygen atoms in total. The maximum absolute atomic E-state index is 11.1. The molecule has 0 spiro atoms. The van der Waals surface area contributed by atoms with Gasteiger partial charge in [0, 0.05) is 18.6 Å². The number of aromatic nitrogens is 1. The van der Waals surface area contributed by atoms with E-state index >= 15 is 0 Å². The third-order valence-electron chi connectivity index (χ3n) is 2.53. The van der Waals surface area contributed by atoms with Gasteiger partial charge in [-0.25, -0.2) is 0 Å². The number of rotatable bonds is 2. The van der Waals surface area contributed by atoms with Crippen LogP contribution in [0.3, 0.4) is 0 Å². The lowest BCUT2D eigenvalue weighted by molar-refractivity contribution is 0.100. The van der Waals surface area contributed by atoms with Crippen LogP contribution in [-0.2, 0) is 0 Å². The maximum Gasteiger partial charge on any atom is 0.181 e. The second-order valence-corrected chi connectivity index (χ2v) is 3.95. The van der Waals surface area contributed by atoms with Gasteiger partial charge < -0.3 is 4.52 Å². The third-order valence-corrected chi connectivity index (χ3v) is 2.53. The largest absolute Gasteiger partial charge is 0.356 e. The van der Waals surface area contributed by atoms with Crippen LogP contribution in [0.2, 0.25) is 0 Å². The van der Waals surface area contributed by atoms with E-state index in [1.54, 1.807) is 6.07 Å². The summed E-state index contributed by atoms with van der Waals surface area (Å²) in [4.78, 5) is 11.1. The van der Waals surface area contributed by atoms with E-state index in [9.17, 15) is 4.79 Å². The number of hydrogen-bond acceptors (Lipinski definition) is 3. The number of benzene rings is 1. The van der Waals surface area contributed by atoms with Crippen molar-refractivity contribution in [3.63, 3.8) is 0 Å². The van der Waals surface area contributed by atoms with Crippen LogP contribution >= 0.6 is 0 Å². The third kappa shape index (κ3) is 1.89. The van der Waals surface area contributed by atoms with Gasteiger partial charge in [0.25, 0.3) is 0 Å². The molecule has 16 heavy (non-hydrogen) atoms. The molecular formula is C13H13NO2. The minimum Gasteiger partial charge on any atom is -0.356 e. The van der Waals surface area contributed by atoms with Gasteiger partial charge in [-0.05, 0) is 25.5 Å². The Morgan fingerprint density at radius 1 is 1.25 bits per heavy atom. The van der Waals surface area contributed by atoms with Crippen molar-refractivity contribution in [1.82, 2.24) is 5.16 Å². The van der Waals surface area contributed by atoms with Crippen LogP contribution in [0.15, 0.2) is 28.8 Å². The van der Waals surface area contributed by atoms with Gasteiger partial charge in [-0.2, -0.15) is 0 Å². The van der Waals surface area contributed by atoms with Gasteiger partial charge in [0.05, 0.1) is 0 Å². The Hall–Kier alpha value is -1.90. The van der Waals surface area contributed by atoms with Gasteiger partial charge in [-0.1, -0.05) is 22.9 Å². The van der Waals surface area contributed by atoms with Crippen LogP contribution in [0.4, 0.5) is 0 Å². The second kappa shape index (κ2) is 3.93. The van der Waals surface area contributed by atoms with Gasteiger partial charge in [0.1, 0.15) is 5.69 Å². The van der Waals surface area contributed by atoms with Crippen LogP contribution in [0.5, 0.6) is 0 Å². The monoisotopic (exact) mass is 215 g/mol. The molecule has 0 amide bonds. The van der Waals surface area contributed by atoms with Crippen molar-refractivity contribution in [1.29, 1.82) is 0 Å². The Bertz CT molecular complexity index is 541. The quantitative estimate of drug-likeness (QED) is 0.723. The molecule has 0 saturated heterocycles. The molecule has 82 valence electrons. The molecule has 2 rings (SSSR count). The highest BCUT2D eigenvalue weighted by Gasteiger charge is 2.11. The molecule has 0 N–H and O–H groups in total. The van der Waals surface area contributed by atoms with Crippen LogP contribution in [-0.4, -0.2) is 10.9 Å². The van der Waals surface area contributed by atoms with Gasteiger partial charge in [0.15, 0.2) is 11.5 Å². The Balaban J connectivity index is 2.50. The number of nitrogens with zero attached hydrogens (tertiary/aromatic N) is 1. The van der Waals surface area contributed by atoms with E-state index in [1.165, 1.54) is 6.92 Å². The fourth-order valence-electron chi connectivity index (χ4n) is 1.57. The van der Waals surface area contributed by atoms with Crippen molar-refractivity contribution in [3.8, 4) is 11.3 Å². The Morgan fingerprint density at radius 3 is 2.62 bits per heavy atom. The summed E-state index contributed by atoms with van der Waals surface area (Å²) >= 11 is 0. The summed E-state index contributed by atoms with van der Waals surface area (Å²) < 4.78 is 5.18. The smallest absolute Gasteiger partial charge is 0.181 e. The van der Waals surface area contributed by atoms with E-state index in [1.807, 2.05) is 32.0 Å². The second-order valence-electron chi connectivity index (χ2n) is 3.95. The lowest BCUT2D eigenvalue weighted by Crippen LogP contribution is -1.89. The van der Waals surface area contributed by atoms with Crippen LogP contribution in [0, 0.1) is 13.8 Å². The van der Waals surface area contributed by atoms with Crippen LogP contribution < -0.4 is 0 Å². The lowest BCUT2D eigenvalue weighted by atomic mass is 10.0. The number of aryl methyl sites for hydroxylation is 2. The average Bonchev–Trinajstić information content (AvgIpc) is 2.70. The van der Waals surface area contributed by atoms with Gasteiger partial charge >= 0.3 is 0 Å². The summed E-state index contributed by atoms with van der Waals surface area (Å²) in [6, 6.07) is 7.78. The highest BCUT2D eigenvalue weighted by molar-refractivity contribution is 5.92. The summed E-state index contributed by atoms with van der Waals surface area (Å²) in [5.74, 6) is 0.562. The van der Waals surface area contributed by atoms with E-state index < -0.39 is 0 Å². The van der Waals surface area contributed by atoms with Crippen LogP contribution in [0.25, 0.3) is 11.3 Å². The molecular weight excluding hydrogens is 202 g/mol. The normalized spacial score (nSPS) is 10.4. The van der Waals surface area contributed by atoms with E-state index in [-0.39, 0.29) is 5.78 Å². The molecule has 0 fully saturated rings. The first kappa shape index (κ1) is 10.6. The summed E-state index contributed by atoms with van der Waals surface area (Å²) in [5, 5.41) is 3.74. The molecule has 1 aromatic carbocycles. The number of carbonyl (C=O) groups is 1. The maximum atomic E-state index is 11.1. The van der Waals surface area contributed by atoms with E-state index in [2.05, 4.69) is 5.16 Å². The molecule has 0 saturated carbocycles. The van der Waals surface area contributed by atoms with Gasteiger partial charge in [-0.3, -0.25) is 4.79 Å². The molecule has 0 atom stereocenters. The number of Topliss-reactive ketones (excluding diaryl/α,β-unsaturated/α-hetero) is 1. The van der Waals surface area contributed by atoms with E-state index in [4.69, 9.17) is 4.52 Å². The summed E-state index contributed by atoms with van der Waals surface area (Å²) in [5.41, 5.74) is 3.62. The fourth-order valence-corrected chi connectivity index (χ4v) is 1.57. The first-order chi connectivity index (χ1) is 7.58. The minimum absolute atomic E-state index is 0.0830. The molecule has 1 heterocycles. The van der Waals surface area contributed by atoms with Gasteiger partial charge in [-0.15, -0.1) is 0 Å². The zero-order valence-corrected chi connectivity index (χ0v) is 9.57. The van der Waals surface area contributed by atoms with Gasteiger partial charge in [0.2, 0.25) is 0 Å². The molecule has 0 aliphatic carbocycles. The molecule has 0 unspecified atom stereocenters. The molecule has 0 aliphatic rings. The summed E-state index contributed by atoms with van der Waals surface area (Å²) in [6.07, 6.45) is 0. The molecule has 0 bridgehead atoms. The number of carbonyl (C=O) groups excluding carboxylic acids is 1. The SMILES string of the molecule is CC(=O)c1cc(-c2cc(C)ccc2C)on1. The zero-order chi connectivity index (χ0) is 11.7. The zero-order valence-electron chi connectivity index (χ0n) is 9.57. The summed E-state index contributed by atoms with van der Waals surface area (Å²) in [6.45, 7) is 5.50. The highest BCUT2D eigenvalue weighted by Crippen LogP contribution is 2.25. The summed E-state index contributed by atoms with van der Waals surface area (Å²) in [7, 11) is 0. The first-order valence-electron chi connectivity index (χ1n) is 5.13. The average molecular weight is 215 g/mol. The van der Waals surface area contributed by atoms with Crippen LogP contribution in [0.1, 0.15) is 28.5 Å². The van der Waals surface area contributed by atoms with Crippen molar-refractivity contribution in [2.75, 3.05) is 0 Å². The molecule has 0 radical (unpaired) electrons. The Labute approximate surface area is 94.1 Å². The topological polar surface area (TPSA) is 43.1 Å². The molecule has 1 aromatic heterocycles. The lowest BCUT2D eigenvalue weighted by Gasteiger charge is -2.02. The highest BCUT2D eigenvalue weighted by atomic mass is 16.5.